The van der Waals surface area contributed by atoms with Crippen LogP contribution < -0.4 is 4.74 Å². The number of pyridine rings is 1. The second kappa shape index (κ2) is 9.34. The molecule has 138 valence electrons. The van der Waals surface area contributed by atoms with Crippen molar-refractivity contribution in [3.05, 3.63) is 59.9 Å². The lowest BCUT2D eigenvalue weighted by atomic mass is 10.1. The summed E-state index contributed by atoms with van der Waals surface area (Å²) in [5.74, 6) is 0.930. The molecule has 1 aromatic carbocycles. The number of carbonyl (C=O) groups is 1. The van der Waals surface area contributed by atoms with Crippen LogP contribution in [-0.2, 0) is 6.42 Å². The van der Waals surface area contributed by atoms with E-state index in [1.54, 1.807) is 0 Å². The highest BCUT2D eigenvalue weighted by Gasteiger charge is 2.22. The number of benzene rings is 1. The summed E-state index contributed by atoms with van der Waals surface area (Å²) in [6.07, 6.45) is 3.77. The van der Waals surface area contributed by atoms with Gasteiger partial charge in [-0.3, -0.25) is 14.7 Å². The maximum atomic E-state index is 12.7. The Balaban J connectivity index is 1.45. The zero-order valence-electron chi connectivity index (χ0n) is 15.4. The number of nitrogens with zero attached hydrogens (tertiary/aromatic N) is 3. The van der Waals surface area contributed by atoms with Gasteiger partial charge in [0.2, 0.25) is 0 Å². The minimum absolute atomic E-state index is 0.108. The highest BCUT2D eigenvalue weighted by molar-refractivity contribution is 5.94. The van der Waals surface area contributed by atoms with Gasteiger partial charge in [-0.25, -0.2) is 0 Å². The molecule has 0 radical (unpaired) electrons. The summed E-state index contributed by atoms with van der Waals surface area (Å²) in [5, 5.41) is 0. The summed E-state index contributed by atoms with van der Waals surface area (Å²) in [6.45, 7) is 7.14. The summed E-state index contributed by atoms with van der Waals surface area (Å²) in [4.78, 5) is 21.4. The monoisotopic (exact) mass is 353 g/mol. The molecule has 0 N–H and O–H groups in total. The van der Waals surface area contributed by atoms with Crippen LogP contribution in [0.1, 0.15) is 29.4 Å². The van der Waals surface area contributed by atoms with E-state index in [0.717, 1.165) is 62.6 Å². The zero-order chi connectivity index (χ0) is 18.2. The number of ether oxygens (including phenoxy) is 1. The summed E-state index contributed by atoms with van der Waals surface area (Å²) in [5.41, 5.74) is 1.85. The fourth-order valence-corrected chi connectivity index (χ4v) is 3.09. The van der Waals surface area contributed by atoms with Crippen LogP contribution in [0.5, 0.6) is 5.75 Å². The summed E-state index contributed by atoms with van der Waals surface area (Å²) >= 11 is 0. The standard InChI is InChI=1S/C21H27N3O2/c1-2-17-26-20-8-6-18(7-9-20)21(25)24-15-13-23(14-16-24)12-10-19-5-3-4-11-22-19/h3-9,11H,2,10,12-17H2,1H3. The molecule has 0 atom stereocenters. The average Bonchev–Trinajstić information content (AvgIpc) is 2.72. The van der Waals surface area contributed by atoms with Crippen LogP contribution >= 0.6 is 0 Å². The normalized spacial score (nSPS) is 15.0. The predicted molar refractivity (Wildman–Crippen MR) is 103 cm³/mol. The van der Waals surface area contributed by atoms with Crippen molar-refractivity contribution < 1.29 is 9.53 Å². The van der Waals surface area contributed by atoms with Gasteiger partial charge in [0.15, 0.2) is 0 Å². The van der Waals surface area contributed by atoms with Crippen LogP contribution in [-0.4, -0.2) is 60.0 Å². The quantitative estimate of drug-likeness (QED) is 0.768. The molecule has 2 heterocycles. The van der Waals surface area contributed by atoms with Crippen molar-refractivity contribution in [3.8, 4) is 5.75 Å². The van der Waals surface area contributed by atoms with E-state index in [9.17, 15) is 4.79 Å². The first-order chi connectivity index (χ1) is 12.8. The molecule has 3 rings (SSSR count). The Morgan fingerprint density at radius 3 is 2.50 bits per heavy atom. The number of aromatic nitrogens is 1. The molecule has 0 spiro atoms. The number of hydrogen-bond donors (Lipinski definition) is 0. The summed E-state index contributed by atoms with van der Waals surface area (Å²) < 4.78 is 5.58. The molecule has 0 saturated carbocycles. The van der Waals surface area contributed by atoms with Crippen LogP contribution in [0.25, 0.3) is 0 Å². The lowest BCUT2D eigenvalue weighted by molar-refractivity contribution is 0.0638. The molecule has 1 amide bonds. The Kier molecular flexibility index (Phi) is 6.61. The second-order valence-electron chi connectivity index (χ2n) is 6.58. The van der Waals surface area contributed by atoms with Gasteiger partial charge >= 0.3 is 0 Å². The van der Waals surface area contributed by atoms with Gasteiger partial charge in [-0.15, -0.1) is 0 Å². The molecule has 1 fully saturated rings. The second-order valence-corrected chi connectivity index (χ2v) is 6.58. The third-order valence-corrected chi connectivity index (χ3v) is 4.64. The van der Waals surface area contributed by atoms with Crippen LogP contribution in [0.3, 0.4) is 0 Å². The van der Waals surface area contributed by atoms with Crippen LogP contribution in [0.4, 0.5) is 0 Å². The van der Waals surface area contributed by atoms with Crippen molar-refractivity contribution in [3.63, 3.8) is 0 Å². The fraction of sp³-hybridized carbons (Fsp3) is 0.429. The van der Waals surface area contributed by atoms with Crippen molar-refractivity contribution in [2.24, 2.45) is 0 Å². The number of piperazine rings is 1. The number of amides is 1. The largest absolute Gasteiger partial charge is 0.494 e. The van der Waals surface area contributed by atoms with E-state index in [4.69, 9.17) is 4.74 Å². The number of hydrogen-bond acceptors (Lipinski definition) is 4. The van der Waals surface area contributed by atoms with E-state index >= 15 is 0 Å². The molecular formula is C21H27N3O2. The van der Waals surface area contributed by atoms with Crippen molar-refractivity contribution in [2.45, 2.75) is 19.8 Å². The maximum Gasteiger partial charge on any atom is 0.253 e. The molecule has 5 nitrogen and oxygen atoms in total. The molecule has 1 aromatic heterocycles. The van der Waals surface area contributed by atoms with Crippen LogP contribution in [0.15, 0.2) is 48.7 Å². The van der Waals surface area contributed by atoms with Gasteiger partial charge in [0.05, 0.1) is 6.61 Å². The van der Waals surface area contributed by atoms with E-state index in [-0.39, 0.29) is 5.91 Å². The van der Waals surface area contributed by atoms with Crippen LogP contribution in [0.2, 0.25) is 0 Å². The Morgan fingerprint density at radius 2 is 1.85 bits per heavy atom. The lowest BCUT2D eigenvalue weighted by Crippen LogP contribution is -2.49. The minimum Gasteiger partial charge on any atom is -0.494 e. The SMILES string of the molecule is CCCOc1ccc(C(=O)N2CCN(CCc3ccccn3)CC2)cc1. The van der Waals surface area contributed by atoms with Crippen molar-refractivity contribution in [2.75, 3.05) is 39.3 Å². The van der Waals surface area contributed by atoms with Gasteiger partial charge in [0.25, 0.3) is 5.91 Å². The zero-order valence-corrected chi connectivity index (χ0v) is 15.4. The minimum atomic E-state index is 0.108. The highest BCUT2D eigenvalue weighted by Crippen LogP contribution is 2.15. The number of rotatable bonds is 7. The Labute approximate surface area is 155 Å². The number of carbonyl (C=O) groups excluding carboxylic acids is 1. The molecule has 0 bridgehead atoms. The predicted octanol–water partition coefficient (Wildman–Crippen LogP) is 2.87. The van der Waals surface area contributed by atoms with Gasteiger partial charge < -0.3 is 9.64 Å². The Bertz CT molecular complexity index is 680. The van der Waals surface area contributed by atoms with Gasteiger partial charge in [0.1, 0.15) is 5.75 Å². The molecule has 26 heavy (non-hydrogen) atoms. The molecule has 5 heteroatoms. The van der Waals surface area contributed by atoms with E-state index in [0.29, 0.717) is 6.61 Å². The molecular weight excluding hydrogens is 326 g/mol. The van der Waals surface area contributed by atoms with Crippen molar-refractivity contribution in [1.82, 2.24) is 14.8 Å². The first-order valence-electron chi connectivity index (χ1n) is 9.40. The first kappa shape index (κ1) is 18.4. The molecule has 0 aliphatic carbocycles. The molecule has 1 aliphatic heterocycles. The van der Waals surface area contributed by atoms with E-state index < -0.39 is 0 Å². The van der Waals surface area contributed by atoms with Crippen LogP contribution in [0, 0.1) is 0 Å². The highest BCUT2D eigenvalue weighted by atomic mass is 16.5. The molecule has 1 saturated heterocycles. The molecule has 0 unspecified atom stereocenters. The first-order valence-corrected chi connectivity index (χ1v) is 9.40. The van der Waals surface area contributed by atoms with Crippen molar-refractivity contribution >= 4 is 5.91 Å². The Hall–Kier alpha value is -2.40. The molecule has 2 aromatic rings. The van der Waals surface area contributed by atoms with Gasteiger partial charge in [-0.2, -0.15) is 0 Å². The lowest BCUT2D eigenvalue weighted by Gasteiger charge is -2.34. The molecule has 1 aliphatic rings. The maximum absolute atomic E-state index is 12.7. The van der Waals surface area contributed by atoms with Gasteiger partial charge in [-0.1, -0.05) is 13.0 Å². The van der Waals surface area contributed by atoms with E-state index in [2.05, 4.69) is 22.9 Å². The summed E-state index contributed by atoms with van der Waals surface area (Å²) in [6, 6.07) is 13.5. The third-order valence-electron chi connectivity index (χ3n) is 4.64. The Morgan fingerprint density at radius 1 is 1.08 bits per heavy atom. The van der Waals surface area contributed by atoms with Gasteiger partial charge in [-0.05, 0) is 42.8 Å². The van der Waals surface area contributed by atoms with E-state index in [1.165, 1.54) is 0 Å². The van der Waals surface area contributed by atoms with Gasteiger partial charge in [0, 0.05) is 56.6 Å². The fourth-order valence-electron chi connectivity index (χ4n) is 3.09. The van der Waals surface area contributed by atoms with E-state index in [1.807, 2.05) is 47.5 Å². The smallest absolute Gasteiger partial charge is 0.253 e. The average molecular weight is 353 g/mol. The third kappa shape index (κ3) is 5.05. The topological polar surface area (TPSA) is 45.7 Å². The van der Waals surface area contributed by atoms with Crippen molar-refractivity contribution in [1.29, 1.82) is 0 Å². The summed E-state index contributed by atoms with van der Waals surface area (Å²) in [7, 11) is 0.